The molecule has 15 heavy (non-hydrogen) atoms. The van der Waals surface area contributed by atoms with Crippen LogP contribution < -0.4 is 0 Å². The molecule has 0 radical (unpaired) electrons. The monoisotopic (exact) mass is 212 g/mol. The maximum absolute atomic E-state index is 10.1. The summed E-state index contributed by atoms with van der Waals surface area (Å²) < 4.78 is 0. The van der Waals surface area contributed by atoms with Crippen LogP contribution >= 0.6 is 0 Å². The Kier molecular flexibility index (Phi) is 4.64. The molecule has 0 aromatic heterocycles. The van der Waals surface area contributed by atoms with Gasteiger partial charge in [-0.1, -0.05) is 59.8 Å². The normalized spacial score (nSPS) is 30.2. The Morgan fingerprint density at radius 2 is 1.53 bits per heavy atom. The van der Waals surface area contributed by atoms with E-state index in [1.54, 1.807) is 0 Å². The summed E-state index contributed by atoms with van der Waals surface area (Å²) in [6.45, 7) is 8.70. The molecule has 90 valence electrons. The molecule has 1 N–H and O–H groups in total. The summed E-state index contributed by atoms with van der Waals surface area (Å²) in [5.41, 5.74) is 0.0571. The van der Waals surface area contributed by atoms with Gasteiger partial charge < -0.3 is 5.11 Å². The zero-order chi connectivity index (χ0) is 11.5. The molecule has 0 saturated heterocycles. The predicted octanol–water partition coefficient (Wildman–Crippen LogP) is 4.00. The molecule has 1 atom stereocenters. The molecule has 1 heteroatoms. The van der Waals surface area contributed by atoms with Crippen LogP contribution in [0.3, 0.4) is 0 Å². The summed E-state index contributed by atoms with van der Waals surface area (Å²) in [5.74, 6) is 1.75. The molecule has 0 aromatic carbocycles. The molecule has 0 aliphatic heterocycles. The van der Waals surface area contributed by atoms with Gasteiger partial charge in [0, 0.05) is 0 Å². The van der Waals surface area contributed by atoms with E-state index in [1.807, 2.05) is 0 Å². The summed E-state index contributed by atoms with van der Waals surface area (Å²) in [4.78, 5) is 0. The Morgan fingerprint density at radius 1 is 1.07 bits per heavy atom. The molecular weight excluding hydrogens is 184 g/mol. The van der Waals surface area contributed by atoms with Crippen molar-refractivity contribution in [3.63, 3.8) is 0 Å². The first-order valence-electron chi connectivity index (χ1n) is 6.61. The fourth-order valence-electron chi connectivity index (χ4n) is 2.54. The molecule has 1 fully saturated rings. The molecular formula is C14H28O. The Bertz CT molecular complexity index is 172. The summed E-state index contributed by atoms with van der Waals surface area (Å²) >= 11 is 0. The lowest BCUT2D eigenvalue weighted by Crippen LogP contribution is -2.29. The van der Waals surface area contributed by atoms with E-state index in [1.165, 1.54) is 32.1 Å². The second-order valence-electron chi connectivity index (χ2n) is 6.41. The Hall–Kier alpha value is -0.0400. The van der Waals surface area contributed by atoms with Crippen LogP contribution in [0.4, 0.5) is 0 Å². The molecule has 1 aliphatic carbocycles. The van der Waals surface area contributed by atoms with Crippen molar-refractivity contribution in [3.8, 4) is 0 Å². The summed E-state index contributed by atoms with van der Waals surface area (Å²) in [6, 6.07) is 0. The van der Waals surface area contributed by atoms with Crippen molar-refractivity contribution in [1.29, 1.82) is 0 Å². The number of aliphatic hydroxyl groups is 1. The SMILES string of the molecule is CCC1CCC(CC(O)C(C)(C)C)CC1. The fourth-order valence-corrected chi connectivity index (χ4v) is 2.54. The van der Waals surface area contributed by atoms with Gasteiger partial charge in [-0.25, -0.2) is 0 Å². The molecule has 1 saturated carbocycles. The smallest absolute Gasteiger partial charge is 0.0591 e. The van der Waals surface area contributed by atoms with E-state index in [0.29, 0.717) is 0 Å². The molecule has 1 aliphatic rings. The van der Waals surface area contributed by atoms with Gasteiger partial charge in [-0.15, -0.1) is 0 Å². The van der Waals surface area contributed by atoms with Gasteiger partial charge in [0.15, 0.2) is 0 Å². The second-order valence-corrected chi connectivity index (χ2v) is 6.41. The third-order valence-electron chi connectivity index (χ3n) is 4.10. The Morgan fingerprint density at radius 3 is 1.93 bits per heavy atom. The number of aliphatic hydroxyl groups excluding tert-OH is 1. The van der Waals surface area contributed by atoms with Crippen LogP contribution in [0.1, 0.15) is 66.2 Å². The van der Waals surface area contributed by atoms with Crippen LogP contribution in [0.2, 0.25) is 0 Å². The van der Waals surface area contributed by atoms with Crippen LogP contribution in [0.25, 0.3) is 0 Å². The van der Waals surface area contributed by atoms with E-state index in [-0.39, 0.29) is 11.5 Å². The highest BCUT2D eigenvalue weighted by Gasteiger charge is 2.27. The zero-order valence-electron chi connectivity index (χ0n) is 10.9. The van der Waals surface area contributed by atoms with Crippen molar-refractivity contribution in [1.82, 2.24) is 0 Å². The molecule has 0 amide bonds. The van der Waals surface area contributed by atoms with Crippen molar-refractivity contribution >= 4 is 0 Å². The van der Waals surface area contributed by atoms with Crippen molar-refractivity contribution in [2.75, 3.05) is 0 Å². The molecule has 0 aromatic rings. The maximum atomic E-state index is 10.1. The minimum atomic E-state index is -0.124. The molecule has 1 unspecified atom stereocenters. The lowest BCUT2D eigenvalue weighted by Gasteiger charge is -2.33. The van der Waals surface area contributed by atoms with Crippen molar-refractivity contribution in [2.24, 2.45) is 17.3 Å². The van der Waals surface area contributed by atoms with Gasteiger partial charge in [-0.2, -0.15) is 0 Å². The zero-order valence-corrected chi connectivity index (χ0v) is 10.9. The van der Waals surface area contributed by atoms with Gasteiger partial charge in [-0.3, -0.25) is 0 Å². The van der Waals surface area contributed by atoms with Crippen LogP contribution in [-0.2, 0) is 0 Å². The third kappa shape index (κ3) is 4.14. The van der Waals surface area contributed by atoms with Crippen molar-refractivity contribution in [3.05, 3.63) is 0 Å². The van der Waals surface area contributed by atoms with Gasteiger partial charge in [-0.05, 0) is 23.7 Å². The van der Waals surface area contributed by atoms with Crippen LogP contribution in [0.5, 0.6) is 0 Å². The Labute approximate surface area is 95.3 Å². The van der Waals surface area contributed by atoms with Crippen LogP contribution in [0, 0.1) is 17.3 Å². The highest BCUT2D eigenvalue weighted by molar-refractivity contribution is 4.79. The lowest BCUT2D eigenvalue weighted by atomic mass is 9.75. The molecule has 0 bridgehead atoms. The fraction of sp³-hybridized carbons (Fsp3) is 1.00. The highest BCUT2D eigenvalue weighted by Crippen LogP contribution is 2.35. The molecule has 0 spiro atoms. The Balaban J connectivity index is 2.29. The third-order valence-corrected chi connectivity index (χ3v) is 4.10. The minimum Gasteiger partial charge on any atom is -0.393 e. The summed E-state index contributed by atoms with van der Waals surface area (Å²) in [5, 5.41) is 10.1. The average Bonchev–Trinajstić information content (AvgIpc) is 2.17. The van der Waals surface area contributed by atoms with Gasteiger partial charge >= 0.3 is 0 Å². The van der Waals surface area contributed by atoms with Crippen molar-refractivity contribution < 1.29 is 5.11 Å². The average molecular weight is 212 g/mol. The summed E-state index contributed by atoms with van der Waals surface area (Å²) in [6.07, 6.45) is 7.68. The van der Waals surface area contributed by atoms with Gasteiger partial charge in [0.1, 0.15) is 0 Å². The quantitative estimate of drug-likeness (QED) is 0.749. The number of rotatable bonds is 3. The van der Waals surface area contributed by atoms with E-state index in [0.717, 1.165) is 18.3 Å². The van der Waals surface area contributed by atoms with Crippen LogP contribution in [-0.4, -0.2) is 11.2 Å². The minimum absolute atomic E-state index is 0.0571. The van der Waals surface area contributed by atoms with Gasteiger partial charge in [0.25, 0.3) is 0 Å². The largest absolute Gasteiger partial charge is 0.393 e. The maximum Gasteiger partial charge on any atom is 0.0591 e. The number of hydrogen-bond acceptors (Lipinski definition) is 1. The number of hydrogen-bond donors (Lipinski definition) is 1. The molecule has 1 nitrogen and oxygen atoms in total. The second kappa shape index (κ2) is 5.34. The van der Waals surface area contributed by atoms with Gasteiger partial charge in [0.05, 0.1) is 6.10 Å². The first-order chi connectivity index (χ1) is 6.93. The van der Waals surface area contributed by atoms with Crippen LogP contribution in [0.15, 0.2) is 0 Å². The van der Waals surface area contributed by atoms with Gasteiger partial charge in [0.2, 0.25) is 0 Å². The standard InChI is InChI=1S/C14H28O/c1-5-11-6-8-12(9-7-11)10-13(15)14(2,3)4/h11-13,15H,5-10H2,1-4H3. The van der Waals surface area contributed by atoms with E-state index in [2.05, 4.69) is 27.7 Å². The first-order valence-corrected chi connectivity index (χ1v) is 6.61. The van der Waals surface area contributed by atoms with E-state index in [4.69, 9.17) is 0 Å². The summed E-state index contributed by atoms with van der Waals surface area (Å²) in [7, 11) is 0. The lowest BCUT2D eigenvalue weighted by molar-refractivity contribution is 0.0329. The predicted molar refractivity (Wildman–Crippen MR) is 65.8 cm³/mol. The van der Waals surface area contributed by atoms with E-state index < -0.39 is 0 Å². The van der Waals surface area contributed by atoms with E-state index in [9.17, 15) is 5.11 Å². The topological polar surface area (TPSA) is 20.2 Å². The molecule has 1 rings (SSSR count). The van der Waals surface area contributed by atoms with E-state index >= 15 is 0 Å². The highest BCUT2D eigenvalue weighted by atomic mass is 16.3. The van der Waals surface area contributed by atoms with Crippen molar-refractivity contribution in [2.45, 2.75) is 72.3 Å². The first kappa shape index (κ1) is 13.0. The molecule has 0 heterocycles.